The number of hydrogen-bond donors (Lipinski definition) is 1. The maximum Gasteiger partial charge on any atom is 0.107 e. The van der Waals surface area contributed by atoms with Crippen LogP contribution >= 0.6 is 0 Å². The Hall–Kier alpha value is -0.590. The van der Waals surface area contributed by atoms with E-state index < -0.39 is 5.54 Å². The van der Waals surface area contributed by atoms with Crippen molar-refractivity contribution in [2.75, 3.05) is 19.6 Å². The van der Waals surface area contributed by atoms with Crippen LogP contribution in [0.25, 0.3) is 0 Å². The van der Waals surface area contributed by atoms with Crippen molar-refractivity contribution in [2.45, 2.75) is 64.3 Å². The van der Waals surface area contributed by atoms with E-state index >= 15 is 0 Å². The van der Waals surface area contributed by atoms with Gasteiger partial charge in [-0.25, -0.2) is 0 Å². The Labute approximate surface area is 118 Å². The van der Waals surface area contributed by atoms with E-state index in [4.69, 9.17) is 5.73 Å². The van der Waals surface area contributed by atoms with E-state index in [1.54, 1.807) is 0 Å². The lowest BCUT2D eigenvalue weighted by Crippen LogP contribution is -2.43. The van der Waals surface area contributed by atoms with Gasteiger partial charge >= 0.3 is 0 Å². The van der Waals surface area contributed by atoms with Crippen molar-refractivity contribution in [3.63, 3.8) is 0 Å². The van der Waals surface area contributed by atoms with Gasteiger partial charge in [-0.15, -0.1) is 0 Å². The Morgan fingerprint density at radius 2 is 2.05 bits per heavy atom. The van der Waals surface area contributed by atoms with Gasteiger partial charge in [0.2, 0.25) is 0 Å². The number of hydrogen-bond acceptors (Lipinski definition) is 3. The maximum atomic E-state index is 9.26. The molecule has 1 saturated heterocycles. The first kappa shape index (κ1) is 14.8. The van der Waals surface area contributed by atoms with Crippen LogP contribution in [0.1, 0.15) is 58.8 Å². The first-order valence-corrected chi connectivity index (χ1v) is 8.00. The Bertz CT molecular complexity index is 342. The third kappa shape index (κ3) is 2.95. The van der Waals surface area contributed by atoms with E-state index in [1.807, 2.05) is 0 Å². The van der Waals surface area contributed by atoms with Crippen molar-refractivity contribution >= 4 is 0 Å². The Morgan fingerprint density at radius 1 is 1.32 bits per heavy atom. The van der Waals surface area contributed by atoms with Gasteiger partial charge in [0, 0.05) is 6.54 Å². The lowest BCUT2D eigenvalue weighted by molar-refractivity contribution is 0.223. The molecule has 2 rings (SSSR count). The summed E-state index contributed by atoms with van der Waals surface area (Å²) in [7, 11) is 0. The lowest BCUT2D eigenvalue weighted by Gasteiger charge is -2.28. The summed E-state index contributed by atoms with van der Waals surface area (Å²) >= 11 is 0. The minimum atomic E-state index is -0.535. The fourth-order valence-corrected chi connectivity index (χ4v) is 4.04. The number of nitrogens with two attached hydrogens (primary N) is 1. The van der Waals surface area contributed by atoms with Gasteiger partial charge in [-0.05, 0) is 62.9 Å². The maximum absolute atomic E-state index is 9.26. The molecule has 0 aromatic rings. The van der Waals surface area contributed by atoms with E-state index in [0.29, 0.717) is 11.3 Å². The van der Waals surface area contributed by atoms with E-state index in [1.165, 1.54) is 32.4 Å². The van der Waals surface area contributed by atoms with Crippen molar-refractivity contribution < 1.29 is 0 Å². The highest BCUT2D eigenvalue weighted by Gasteiger charge is 2.40. The Morgan fingerprint density at radius 3 is 2.63 bits per heavy atom. The molecule has 0 aromatic heterocycles. The van der Waals surface area contributed by atoms with Crippen LogP contribution in [-0.2, 0) is 0 Å². The fraction of sp³-hybridized carbons (Fsp3) is 0.938. The quantitative estimate of drug-likeness (QED) is 0.829. The first-order chi connectivity index (χ1) is 9.07. The number of rotatable bonds is 5. The molecule has 0 amide bonds. The average molecular weight is 263 g/mol. The summed E-state index contributed by atoms with van der Waals surface area (Å²) in [5, 5.41) is 9.26. The van der Waals surface area contributed by atoms with Gasteiger partial charge in [-0.3, -0.25) is 0 Å². The first-order valence-electron chi connectivity index (χ1n) is 8.00. The second kappa shape index (κ2) is 5.81. The normalized spacial score (nSPS) is 34.5. The molecule has 0 spiro atoms. The molecule has 0 aromatic carbocycles. The zero-order valence-electron chi connectivity index (χ0n) is 12.6. The van der Waals surface area contributed by atoms with Crippen LogP contribution < -0.4 is 5.73 Å². The summed E-state index contributed by atoms with van der Waals surface area (Å²) in [5.74, 6) is 0.413. The van der Waals surface area contributed by atoms with Gasteiger partial charge in [-0.2, -0.15) is 5.26 Å². The molecule has 3 heteroatoms. The van der Waals surface area contributed by atoms with Gasteiger partial charge < -0.3 is 10.6 Å². The molecule has 2 atom stereocenters. The second-order valence-electron chi connectivity index (χ2n) is 6.76. The Kier molecular flexibility index (Phi) is 4.53. The third-order valence-electron chi connectivity index (χ3n) is 5.89. The highest BCUT2D eigenvalue weighted by atomic mass is 15.2. The Balaban J connectivity index is 1.83. The monoisotopic (exact) mass is 263 g/mol. The van der Waals surface area contributed by atoms with Crippen LogP contribution in [0.15, 0.2) is 0 Å². The molecule has 2 fully saturated rings. The number of nitriles is 1. The van der Waals surface area contributed by atoms with Gasteiger partial charge in [-0.1, -0.05) is 20.3 Å². The molecule has 2 aliphatic rings. The van der Waals surface area contributed by atoms with Crippen LogP contribution in [0, 0.1) is 22.7 Å². The number of likely N-dealkylation sites (tertiary alicyclic amines) is 1. The molecule has 1 heterocycles. The molecule has 3 nitrogen and oxygen atoms in total. The van der Waals surface area contributed by atoms with E-state index in [9.17, 15) is 5.26 Å². The largest absolute Gasteiger partial charge is 0.313 e. The summed E-state index contributed by atoms with van der Waals surface area (Å²) in [6, 6.07) is 2.36. The van der Waals surface area contributed by atoms with Gasteiger partial charge in [0.1, 0.15) is 5.54 Å². The summed E-state index contributed by atoms with van der Waals surface area (Å²) in [5.41, 5.74) is 6.24. The molecule has 0 radical (unpaired) electrons. The molecule has 2 unspecified atom stereocenters. The molecule has 1 aliphatic carbocycles. The number of nitrogens with zero attached hydrogens (tertiary/aromatic N) is 2. The van der Waals surface area contributed by atoms with Gasteiger partial charge in [0.25, 0.3) is 0 Å². The molecule has 1 aliphatic heterocycles. The molecule has 2 N–H and O–H groups in total. The summed E-state index contributed by atoms with van der Waals surface area (Å²) < 4.78 is 0. The third-order valence-corrected chi connectivity index (χ3v) is 5.89. The summed E-state index contributed by atoms with van der Waals surface area (Å²) in [6.45, 7) is 8.26. The van der Waals surface area contributed by atoms with E-state index in [0.717, 1.165) is 32.2 Å². The van der Waals surface area contributed by atoms with Crippen LogP contribution in [-0.4, -0.2) is 30.1 Å². The van der Waals surface area contributed by atoms with Gasteiger partial charge in [0.05, 0.1) is 6.07 Å². The average Bonchev–Trinajstić information content (AvgIpc) is 3.01. The topological polar surface area (TPSA) is 53.0 Å². The van der Waals surface area contributed by atoms with Crippen molar-refractivity contribution in [3.8, 4) is 6.07 Å². The van der Waals surface area contributed by atoms with Crippen LogP contribution in [0.5, 0.6) is 0 Å². The van der Waals surface area contributed by atoms with Crippen molar-refractivity contribution in [2.24, 2.45) is 17.1 Å². The van der Waals surface area contributed by atoms with E-state index in [2.05, 4.69) is 24.8 Å². The molecular formula is C16H29N3. The van der Waals surface area contributed by atoms with Crippen molar-refractivity contribution in [1.29, 1.82) is 5.26 Å². The highest BCUT2D eigenvalue weighted by Crippen LogP contribution is 2.39. The fourth-order valence-electron chi connectivity index (χ4n) is 4.04. The zero-order valence-corrected chi connectivity index (χ0v) is 12.6. The zero-order chi connectivity index (χ0) is 13.9. The molecule has 0 bridgehead atoms. The van der Waals surface area contributed by atoms with Crippen molar-refractivity contribution in [3.05, 3.63) is 0 Å². The van der Waals surface area contributed by atoms with Crippen LogP contribution in [0.2, 0.25) is 0 Å². The van der Waals surface area contributed by atoms with Crippen molar-refractivity contribution in [1.82, 2.24) is 4.90 Å². The summed E-state index contributed by atoms with van der Waals surface area (Å²) in [4.78, 5) is 2.60. The molecule has 108 valence electrons. The van der Waals surface area contributed by atoms with Crippen LogP contribution in [0.4, 0.5) is 0 Å². The predicted octanol–water partition coefficient (Wildman–Crippen LogP) is 2.91. The lowest BCUT2D eigenvalue weighted by atomic mass is 9.82. The molecule has 1 saturated carbocycles. The minimum Gasteiger partial charge on any atom is -0.313 e. The van der Waals surface area contributed by atoms with Gasteiger partial charge in [0.15, 0.2) is 0 Å². The molecular weight excluding hydrogens is 234 g/mol. The summed E-state index contributed by atoms with van der Waals surface area (Å²) in [6.07, 6.45) is 8.20. The SMILES string of the molecule is CCC1(CC)CCN(CCC2CCCC2(N)C#N)C1. The highest BCUT2D eigenvalue weighted by molar-refractivity contribution is 5.12. The predicted molar refractivity (Wildman–Crippen MR) is 78.6 cm³/mol. The van der Waals surface area contributed by atoms with E-state index in [-0.39, 0.29) is 0 Å². The van der Waals surface area contributed by atoms with Crippen LogP contribution in [0.3, 0.4) is 0 Å². The smallest absolute Gasteiger partial charge is 0.107 e. The molecule has 19 heavy (non-hydrogen) atoms. The minimum absolute atomic E-state index is 0.413. The standard InChI is InChI=1S/C16H29N3/c1-3-15(4-2)9-11-19(13-15)10-7-14-6-5-8-16(14,18)12-17/h14H,3-11,13,18H2,1-2H3. The second-order valence-corrected chi connectivity index (χ2v) is 6.76.